The molecule has 74 valence electrons. The topological polar surface area (TPSA) is 57.5 Å². The van der Waals surface area contributed by atoms with Crippen LogP contribution in [0.2, 0.25) is 0 Å². The highest BCUT2D eigenvalue weighted by Gasteiger charge is 1.70. The summed E-state index contributed by atoms with van der Waals surface area (Å²) >= 11 is 0. The zero-order valence-corrected chi connectivity index (χ0v) is 7.81. The van der Waals surface area contributed by atoms with Crippen LogP contribution in [0.5, 0.6) is 0 Å². The summed E-state index contributed by atoms with van der Waals surface area (Å²) in [5.74, 6) is 0. The Hall–Kier alpha value is -1.77. The lowest BCUT2D eigenvalue weighted by molar-refractivity contribution is 0.137. The first-order valence-corrected chi connectivity index (χ1v) is 3.45. The highest BCUT2D eigenvalue weighted by atomic mass is 16.6. The SMILES string of the molecule is C=CC=C.C=CC=CC.O=C(O)O. The molecular weight excluding hydrogens is 168 g/mol. The summed E-state index contributed by atoms with van der Waals surface area (Å²) < 4.78 is 0. The van der Waals surface area contributed by atoms with Crippen LogP contribution in [-0.2, 0) is 0 Å². The van der Waals surface area contributed by atoms with Gasteiger partial charge in [-0.05, 0) is 6.92 Å². The van der Waals surface area contributed by atoms with Crippen molar-refractivity contribution in [1.29, 1.82) is 0 Å². The first kappa shape index (κ1) is 17.4. The molecule has 0 rings (SSSR count). The molecule has 0 heterocycles. The molecule has 0 aliphatic carbocycles. The predicted molar refractivity (Wildman–Crippen MR) is 56.1 cm³/mol. The van der Waals surface area contributed by atoms with Crippen LogP contribution in [0.25, 0.3) is 0 Å². The van der Waals surface area contributed by atoms with Crippen LogP contribution in [0.15, 0.2) is 50.1 Å². The summed E-state index contributed by atoms with van der Waals surface area (Å²) in [6, 6.07) is 0. The molecule has 0 atom stereocenters. The van der Waals surface area contributed by atoms with Crippen molar-refractivity contribution in [3.05, 3.63) is 50.1 Å². The summed E-state index contributed by atoms with van der Waals surface area (Å²) in [7, 11) is 0. The van der Waals surface area contributed by atoms with Gasteiger partial charge in [-0.2, -0.15) is 0 Å². The molecule has 0 aliphatic heterocycles. The summed E-state index contributed by atoms with van der Waals surface area (Å²) in [4.78, 5) is 8.56. The molecule has 0 fully saturated rings. The lowest BCUT2D eigenvalue weighted by atomic mass is 10.5. The maximum absolute atomic E-state index is 8.56. The Bertz CT molecular complexity index is 159. The van der Waals surface area contributed by atoms with Gasteiger partial charge >= 0.3 is 6.16 Å². The van der Waals surface area contributed by atoms with Crippen LogP contribution in [-0.4, -0.2) is 16.4 Å². The molecule has 0 unspecified atom stereocenters. The molecule has 0 amide bonds. The highest BCUT2D eigenvalue weighted by Crippen LogP contribution is 1.64. The first-order chi connectivity index (χ1) is 6.06. The third-order valence-electron chi connectivity index (χ3n) is 0.495. The second-order valence-corrected chi connectivity index (χ2v) is 1.52. The summed E-state index contributed by atoms with van der Waals surface area (Å²) in [5, 5.41) is 13.9. The lowest BCUT2D eigenvalue weighted by Gasteiger charge is -1.60. The number of allylic oxidation sites excluding steroid dienone is 5. The van der Waals surface area contributed by atoms with Gasteiger partial charge in [-0.25, -0.2) is 4.79 Å². The van der Waals surface area contributed by atoms with Gasteiger partial charge < -0.3 is 10.2 Å². The van der Waals surface area contributed by atoms with Gasteiger partial charge in [0, 0.05) is 0 Å². The minimum absolute atomic E-state index is 1.64. The van der Waals surface area contributed by atoms with Gasteiger partial charge in [0.25, 0.3) is 0 Å². The zero-order valence-electron chi connectivity index (χ0n) is 7.81. The lowest BCUT2D eigenvalue weighted by Crippen LogP contribution is -1.81. The fourth-order valence-electron chi connectivity index (χ4n) is 0.136. The van der Waals surface area contributed by atoms with E-state index in [4.69, 9.17) is 15.0 Å². The molecule has 0 aromatic rings. The summed E-state index contributed by atoms with van der Waals surface area (Å²) in [5.41, 5.74) is 0. The van der Waals surface area contributed by atoms with Crippen LogP contribution in [0.3, 0.4) is 0 Å². The number of hydrogen-bond acceptors (Lipinski definition) is 1. The van der Waals surface area contributed by atoms with Gasteiger partial charge in [0.05, 0.1) is 0 Å². The van der Waals surface area contributed by atoms with E-state index in [0.29, 0.717) is 0 Å². The third kappa shape index (κ3) is 458. The van der Waals surface area contributed by atoms with Gasteiger partial charge in [-0.15, -0.1) is 0 Å². The average Bonchev–Trinajstić information content (AvgIpc) is 2.05. The Balaban J connectivity index is -0.000000117. The molecule has 3 heteroatoms. The van der Waals surface area contributed by atoms with Crippen molar-refractivity contribution >= 4 is 6.16 Å². The fourth-order valence-corrected chi connectivity index (χ4v) is 0.136. The molecule has 0 aromatic heterocycles. The molecule has 0 radical (unpaired) electrons. The molecule has 13 heavy (non-hydrogen) atoms. The van der Waals surface area contributed by atoms with Crippen LogP contribution in [0.4, 0.5) is 4.79 Å². The molecule has 0 bridgehead atoms. The third-order valence-corrected chi connectivity index (χ3v) is 0.495. The zero-order chi connectivity index (χ0) is 11.1. The second-order valence-electron chi connectivity index (χ2n) is 1.52. The van der Waals surface area contributed by atoms with Gasteiger partial charge in [-0.3, -0.25) is 0 Å². The first-order valence-electron chi connectivity index (χ1n) is 3.45. The van der Waals surface area contributed by atoms with Crippen molar-refractivity contribution in [2.75, 3.05) is 0 Å². The van der Waals surface area contributed by atoms with Gasteiger partial charge in [0.2, 0.25) is 0 Å². The van der Waals surface area contributed by atoms with Crippen molar-refractivity contribution in [2.24, 2.45) is 0 Å². The van der Waals surface area contributed by atoms with Crippen molar-refractivity contribution in [2.45, 2.75) is 6.92 Å². The molecule has 0 saturated carbocycles. The van der Waals surface area contributed by atoms with E-state index in [1.54, 1.807) is 18.2 Å². The number of rotatable bonds is 2. The molecule has 3 nitrogen and oxygen atoms in total. The van der Waals surface area contributed by atoms with Crippen LogP contribution >= 0.6 is 0 Å². The Kier molecular flexibility index (Phi) is 30.0. The minimum atomic E-state index is -1.83. The van der Waals surface area contributed by atoms with E-state index in [2.05, 4.69) is 19.7 Å². The molecule has 0 spiro atoms. The standard InChI is InChI=1S/C5H8.C4H6.CH2O3/c1-3-5-4-2;1-3-4-2;2-1(3)4/h3-5H,1H2,2H3;3-4H,1-2H2;(H2,2,3,4). The number of carboxylic acid groups (broad SMARTS) is 2. The Labute approximate surface area is 79.0 Å². The predicted octanol–water partition coefficient (Wildman–Crippen LogP) is 3.33. The van der Waals surface area contributed by atoms with Crippen LogP contribution in [0, 0.1) is 0 Å². The normalized spacial score (nSPS) is 6.85. The maximum Gasteiger partial charge on any atom is 0.503 e. The van der Waals surface area contributed by atoms with Crippen LogP contribution in [0.1, 0.15) is 6.92 Å². The van der Waals surface area contributed by atoms with Crippen LogP contribution < -0.4 is 0 Å². The summed E-state index contributed by atoms with van der Waals surface area (Å²) in [6.07, 6.45) is 7.02. The van der Waals surface area contributed by atoms with E-state index < -0.39 is 6.16 Å². The molecule has 0 aliphatic rings. The van der Waals surface area contributed by atoms with Crippen molar-refractivity contribution in [3.63, 3.8) is 0 Å². The van der Waals surface area contributed by atoms with Crippen molar-refractivity contribution in [1.82, 2.24) is 0 Å². The van der Waals surface area contributed by atoms with E-state index in [-0.39, 0.29) is 0 Å². The number of hydrogen-bond donors (Lipinski definition) is 2. The fraction of sp³-hybridized carbons (Fsp3) is 0.100. The molecule has 2 N–H and O–H groups in total. The van der Waals surface area contributed by atoms with Gasteiger partial charge in [0.15, 0.2) is 0 Å². The molecular formula is C10H16O3. The highest BCUT2D eigenvalue weighted by molar-refractivity contribution is 5.53. The van der Waals surface area contributed by atoms with E-state index in [9.17, 15) is 0 Å². The summed E-state index contributed by atoms with van der Waals surface area (Å²) in [6.45, 7) is 12.1. The average molecular weight is 184 g/mol. The largest absolute Gasteiger partial charge is 0.503 e. The quantitative estimate of drug-likeness (QED) is 0.647. The Morgan fingerprint density at radius 3 is 1.38 bits per heavy atom. The van der Waals surface area contributed by atoms with Crippen molar-refractivity contribution in [3.8, 4) is 0 Å². The monoisotopic (exact) mass is 184 g/mol. The minimum Gasteiger partial charge on any atom is -0.450 e. The smallest absolute Gasteiger partial charge is 0.450 e. The van der Waals surface area contributed by atoms with Gasteiger partial charge in [-0.1, -0.05) is 50.1 Å². The van der Waals surface area contributed by atoms with E-state index >= 15 is 0 Å². The van der Waals surface area contributed by atoms with E-state index in [1.807, 2.05) is 19.1 Å². The maximum atomic E-state index is 8.56. The number of carbonyl (C=O) groups is 1. The van der Waals surface area contributed by atoms with Gasteiger partial charge in [0.1, 0.15) is 0 Å². The van der Waals surface area contributed by atoms with Crippen molar-refractivity contribution < 1.29 is 15.0 Å². The Morgan fingerprint density at radius 2 is 1.38 bits per heavy atom. The van der Waals surface area contributed by atoms with E-state index in [0.717, 1.165) is 0 Å². The molecule has 0 saturated heterocycles. The van der Waals surface area contributed by atoms with E-state index in [1.165, 1.54) is 0 Å². The second kappa shape index (κ2) is 22.5. The molecule has 0 aromatic carbocycles. The Morgan fingerprint density at radius 1 is 1.08 bits per heavy atom.